The number of anilines is 1. The molecule has 6 atom stereocenters. The van der Waals surface area contributed by atoms with Gasteiger partial charge in [0, 0.05) is 23.7 Å². The summed E-state index contributed by atoms with van der Waals surface area (Å²) in [7, 11) is 0. The lowest BCUT2D eigenvalue weighted by atomic mass is 9.79. The molecule has 2 aliphatic carbocycles. The summed E-state index contributed by atoms with van der Waals surface area (Å²) in [6.45, 7) is 0.430. The van der Waals surface area contributed by atoms with E-state index in [1.807, 2.05) is 30.3 Å². The largest absolute Gasteiger partial charge is 0.461 e. The monoisotopic (exact) mass is 468 g/mol. The summed E-state index contributed by atoms with van der Waals surface area (Å²) >= 11 is 3.63. The molecular formula is C23H21BrN2O4. The second-order valence-corrected chi connectivity index (χ2v) is 9.26. The Morgan fingerprint density at radius 1 is 1.07 bits per heavy atom. The van der Waals surface area contributed by atoms with Crippen molar-refractivity contribution in [2.45, 2.75) is 23.9 Å². The van der Waals surface area contributed by atoms with E-state index in [4.69, 9.17) is 4.74 Å². The van der Waals surface area contributed by atoms with Gasteiger partial charge in [0.2, 0.25) is 5.91 Å². The normalized spacial score (nSPS) is 30.8. The number of alkyl halides is 1. The van der Waals surface area contributed by atoms with Crippen LogP contribution in [-0.2, 0) is 20.9 Å². The molecule has 0 spiro atoms. The number of halogens is 1. The Morgan fingerprint density at radius 2 is 1.87 bits per heavy atom. The Morgan fingerprint density at radius 3 is 2.67 bits per heavy atom. The molecule has 154 valence electrons. The summed E-state index contributed by atoms with van der Waals surface area (Å²) in [6, 6.07) is 16.5. The first-order valence-electron chi connectivity index (χ1n) is 10.1. The van der Waals surface area contributed by atoms with E-state index in [1.165, 1.54) is 0 Å². The van der Waals surface area contributed by atoms with Gasteiger partial charge in [-0.25, -0.2) is 0 Å². The average molecular weight is 469 g/mol. The topological polar surface area (TPSA) is 84.5 Å². The van der Waals surface area contributed by atoms with Crippen LogP contribution in [0.4, 0.5) is 5.69 Å². The third-order valence-corrected chi connectivity index (χ3v) is 7.71. The van der Waals surface area contributed by atoms with Crippen molar-refractivity contribution in [3.8, 4) is 0 Å². The van der Waals surface area contributed by atoms with E-state index in [0.29, 0.717) is 17.8 Å². The molecule has 7 heteroatoms. The molecular weight excluding hydrogens is 448 g/mol. The van der Waals surface area contributed by atoms with Crippen molar-refractivity contribution in [3.63, 3.8) is 0 Å². The molecule has 1 heterocycles. The lowest BCUT2D eigenvalue weighted by Crippen LogP contribution is -2.40. The number of amides is 2. The highest BCUT2D eigenvalue weighted by atomic mass is 79.9. The number of esters is 1. The second-order valence-electron chi connectivity index (χ2n) is 8.20. The molecule has 6 nitrogen and oxygen atoms in total. The average Bonchev–Trinajstić information content (AvgIpc) is 3.37. The highest BCUT2D eigenvalue weighted by Crippen LogP contribution is 2.60. The van der Waals surface area contributed by atoms with Gasteiger partial charge in [-0.1, -0.05) is 52.3 Å². The fourth-order valence-electron chi connectivity index (χ4n) is 5.17. The van der Waals surface area contributed by atoms with Crippen molar-refractivity contribution >= 4 is 39.4 Å². The number of fused-ring (bicyclic) bond motifs is 1. The van der Waals surface area contributed by atoms with Gasteiger partial charge in [0.1, 0.15) is 6.10 Å². The number of carbonyl (C=O) groups excluding carboxylic acids is 3. The van der Waals surface area contributed by atoms with Gasteiger partial charge >= 0.3 is 5.97 Å². The van der Waals surface area contributed by atoms with Crippen LogP contribution in [0.3, 0.4) is 0 Å². The first kappa shape index (κ1) is 19.3. The van der Waals surface area contributed by atoms with Crippen molar-refractivity contribution in [2.24, 2.45) is 23.7 Å². The second kappa shape index (κ2) is 7.54. The molecule has 2 N–H and O–H groups in total. The molecule has 0 aromatic heterocycles. The Kier molecular flexibility index (Phi) is 4.85. The fourth-order valence-corrected chi connectivity index (χ4v) is 6.22. The van der Waals surface area contributed by atoms with E-state index in [0.717, 1.165) is 12.0 Å². The van der Waals surface area contributed by atoms with Gasteiger partial charge in [-0.05, 0) is 36.1 Å². The SMILES string of the molecule is O=C(NCc1ccccc1)c1cccc(NC(=O)[C@@H]2[C@H]3C[C@H]4[C@H](OC(=O)[C@@H]42)[C@@H]3Br)c1. The molecule has 2 saturated carbocycles. The number of nitrogens with one attached hydrogen (secondary N) is 2. The van der Waals surface area contributed by atoms with Gasteiger partial charge in [-0.3, -0.25) is 14.4 Å². The van der Waals surface area contributed by atoms with Gasteiger partial charge in [0.25, 0.3) is 5.91 Å². The van der Waals surface area contributed by atoms with E-state index in [1.54, 1.807) is 24.3 Å². The maximum absolute atomic E-state index is 13.0. The highest BCUT2D eigenvalue weighted by Gasteiger charge is 2.67. The number of carbonyl (C=O) groups is 3. The molecule has 3 aliphatic rings. The van der Waals surface area contributed by atoms with Crippen molar-refractivity contribution in [3.05, 3.63) is 65.7 Å². The van der Waals surface area contributed by atoms with Crippen LogP contribution < -0.4 is 10.6 Å². The highest BCUT2D eigenvalue weighted by molar-refractivity contribution is 9.09. The van der Waals surface area contributed by atoms with Gasteiger partial charge in [-0.15, -0.1) is 0 Å². The fraction of sp³-hybridized carbons (Fsp3) is 0.348. The third-order valence-electron chi connectivity index (χ3n) is 6.51. The predicted octanol–water partition coefficient (Wildman–Crippen LogP) is 3.13. The predicted molar refractivity (Wildman–Crippen MR) is 114 cm³/mol. The van der Waals surface area contributed by atoms with Crippen LogP contribution in [0.1, 0.15) is 22.3 Å². The van der Waals surface area contributed by atoms with Gasteiger partial charge < -0.3 is 15.4 Å². The van der Waals surface area contributed by atoms with Crippen LogP contribution in [0.15, 0.2) is 54.6 Å². The minimum absolute atomic E-state index is 0.0241. The molecule has 2 aromatic rings. The van der Waals surface area contributed by atoms with Gasteiger partial charge in [0.15, 0.2) is 0 Å². The van der Waals surface area contributed by atoms with Crippen LogP contribution in [0, 0.1) is 23.7 Å². The van der Waals surface area contributed by atoms with E-state index < -0.39 is 5.92 Å². The zero-order chi connectivity index (χ0) is 20.8. The van der Waals surface area contributed by atoms with E-state index >= 15 is 0 Å². The van der Waals surface area contributed by atoms with Crippen LogP contribution in [0.2, 0.25) is 0 Å². The lowest BCUT2D eigenvalue weighted by molar-refractivity contribution is -0.145. The van der Waals surface area contributed by atoms with Gasteiger partial charge in [0.05, 0.1) is 16.7 Å². The summed E-state index contributed by atoms with van der Waals surface area (Å²) in [5.41, 5.74) is 2.03. The standard InChI is InChI=1S/C23H21BrN2O4/c24-19-15-10-16-18(23(29)30-20(16)19)17(15)22(28)26-14-8-4-7-13(9-14)21(27)25-11-12-5-2-1-3-6-12/h1-9,15-20H,10-11H2,(H,25,27)(H,26,28)/t15-,16-,17-,18+,19-,20+/m1/s1. The van der Waals surface area contributed by atoms with E-state index in [9.17, 15) is 14.4 Å². The van der Waals surface area contributed by atoms with Crippen LogP contribution in [0.25, 0.3) is 0 Å². The Labute approximate surface area is 182 Å². The van der Waals surface area contributed by atoms with Gasteiger partial charge in [-0.2, -0.15) is 0 Å². The molecule has 1 saturated heterocycles. The molecule has 3 fully saturated rings. The van der Waals surface area contributed by atoms with Crippen molar-refractivity contribution < 1.29 is 19.1 Å². The smallest absolute Gasteiger partial charge is 0.310 e. The summed E-state index contributed by atoms with van der Waals surface area (Å²) in [5, 5.41) is 5.80. The molecule has 1 aliphatic heterocycles. The van der Waals surface area contributed by atoms with Crippen LogP contribution in [0.5, 0.6) is 0 Å². The molecule has 5 rings (SSSR count). The van der Waals surface area contributed by atoms with E-state index in [2.05, 4.69) is 26.6 Å². The van der Waals surface area contributed by atoms with Crippen molar-refractivity contribution in [1.29, 1.82) is 0 Å². The zero-order valence-corrected chi connectivity index (χ0v) is 17.7. The molecule has 30 heavy (non-hydrogen) atoms. The summed E-state index contributed by atoms with van der Waals surface area (Å²) in [4.78, 5) is 37.8. The number of hydrogen-bond donors (Lipinski definition) is 2. The molecule has 2 bridgehead atoms. The minimum atomic E-state index is -0.402. The lowest BCUT2D eigenvalue weighted by Gasteiger charge is -2.27. The van der Waals surface area contributed by atoms with E-state index in [-0.39, 0.29) is 46.5 Å². The summed E-state index contributed by atoms with van der Waals surface area (Å²) < 4.78 is 5.48. The number of benzene rings is 2. The molecule has 2 aromatic carbocycles. The Hall–Kier alpha value is -2.67. The molecule has 2 amide bonds. The van der Waals surface area contributed by atoms with Crippen LogP contribution in [-0.4, -0.2) is 28.7 Å². The first-order chi connectivity index (χ1) is 14.5. The number of hydrogen-bond acceptors (Lipinski definition) is 4. The summed E-state index contributed by atoms with van der Waals surface area (Å²) in [5.74, 6) is -1.20. The quantitative estimate of drug-likeness (QED) is 0.521. The maximum Gasteiger partial charge on any atom is 0.310 e. The molecule has 0 radical (unpaired) electrons. The molecule has 0 unspecified atom stereocenters. The Balaban J connectivity index is 1.26. The Bertz CT molecular complexity index is 1010. The van der Waals surface area contributed by atoms with Crippen molar-refractivity contribution in [2.75, 3.05) is 5.32 Å². The number of ether oxygens (including phenoxy) is 1. The zero-order valence-electron chi connectivity index (χ0n) is 16.1. The van der Waals surface area contributed by atoms with Crippen molar-refractivity contribution in [1.82, 2.24) is 5.32 Å². The summed E-state index contributed by atoms with van der Waals surface area (Å²) in [6.07, 6.45) is 0.727. The first-order valence-corrected chi connectivity index (χ1v) is 11.0. The van der Waals surface area contributed by atoms with Crippen LogP contribution >= 0.6 is 15.9 Å². The third kappa shape index (κ3) is 3.21. The number of rotatable bonds is 5. The minimum Gasteiger partial charge on any atom is -0.461 e. The maximum atomic E-state index is 13.0.